The summed E-state index contributed by atoms with van der Waals surface area (Å²) in [7, 11) is 0. The van der Waals surface area contributed by atoms with Crippen LogP contribution in [-0.4, -0.2) is 52.1 Å². The molecule has 0 bridgehead atoms. The van der Waals surface area contributed by atoms with Crippen LogP contribution in [-0.2, 0) is 4.79 Å². The quantitative estimate of drug-likeness (QED) is 0.379. The molecule has 1 N–H and O–H groups in total. The number of aromatic nitrogens is 2. The van der Waals surface area contributed by atoms with E-state index < -0.39 is 5.82 Å². The Morgan fingerprint density at radius 2 is 1.89 bits per heavy atom. The van der Waals surface area contributed by atoms with E-state index >= 15 is 4.39 Å². The molecule has 1 aliphatic rings. The minimum Gasteiger partial charge on any atom is -0.508 e. The van der Waals surface area contributed by atoms with E-state index in [4.69, 9.17) is 11.6 Å². The number of rotatable bonds is 4. The van der Waals surface area contributed by atoms with Crippen molar-refractivity contribution in [2.24, 2.45) is 0 Å². The van der Waals surface area contributed by atoms with Gasteiger partial charge in [0.1, 0.15) is 23.4 Å². The lowest BCUT2D eigenvalue weighted by molar-refractivity contribution is -0.126. The monoisotopic (exact) mass is 490 g/mol. The van der Waals surface area contributed by atoms with Gasteiger partial charge in [0.15, 0.2) is 5.82 Å². The highest BCUT2D eigenvalue weighted by Crippen LogP contribution is 2.41. The number of phenols is 1. The second-order valence-corrected chi connectivity index (χ2v) is 8.89. The normalized spacial score (nSPS) is 14.4. The Labute approximate surface area is 207 Å². The van der Waals surface area contributed by atoms with Gasteiger partial charge in [0, 0.05) is 37.1 Å². The van der Waals surface area contributed by atoms with Gasteiger partial charge in [0.25, 0.3) is 0 Å². The molecular formula is C27H24ClFN4O2. The maximum absolute atomic E-state index is 16.0. The lowest BCUT2D eigenvalue weighted by atomic mass is 9.96. The fourth-order valence-electron chi connectivity index (χ4n) is 4.58. The van der Waals surface area contributed by atoms with Gasteiger partial charge < -0.3 is 14.9 Å². The average molecular weight is 491 g/mol. The van der Waals surface area contributed by atoms with Crippen molar-refractivity contribution in [2.75, 3.05) is 31.1 Å². The molecule has 1 fully saturated rings. The van der Waals surface area contributed by atoms with Gasteiger partial charge in [-0.05, 0) is 47.0 Å². The first-order valence-corrected chi connectivity index (χ1v) is 11.9. The summed E-state index contributed by atoms with van der Waals surface area (Å²) in [5, 5.41) is 12.5. The maximum Gasteiger partial charge on any atom is 0.246 e. The molecule has 3 aromatic carbocycles. The molecule has 4 aromatic rings. The predicted molar refractivity (Wildman–Crippen MR) is 137 cm³/mol. The van der Waals surface area contributed by atoms with Gasteiger partial charge in [-0.2, -0.15) is 0 Å². The van der Waals surface area contributed by atoms with Crippen LogP contribution in [0.2, 0.25) is 5.02 Å². The molecule has 2 heterocycles. The number of phenolic OH excluding ortho intramolecular Hbond substituents is 1. The summed E-state index contributed by atoms with van der Waals surface area (Å²) in [4.78, 5) is 24.8. The number of carbonyl (C=O) groups excluding carboxylic acids is 1. The molecule has 8 heteroatoms. The number of halogens is 2. The van der Waals surface area contributed by atoms with Crippen molar-refractivity contribution in [3.8, 4) is 16.9 Å². The smallest absolute Gasteiger partial charge is 0.246 e. The van der Waals surface area contributed by atoms with E-state index in [0.29, 0.717) is 42.9 Å². The summed E-state index contributed by atoms with van der Waals surface area (Å²) in [6, 6.07) is 12.3. The molecule has 1 amide bonds. The molecule has 0 aliphatic carbocycles. The standard InChI is InChI=1S/C27H24ClFN4O2/c1-2-3-8-23(35)32-9-11-33(12-10-32)27-21-15-22(28)24(25(29)26(21)30-16-31-27)20-14-18(34)13-17-6-4-5-7-19(17)20/h3-8,13-16,34H,2,9-12H2,1H3/b8-3+. The maximum atomic E-state index is 16.0. The molecule has 1 saturated heterocycles. The van der Waals surface area contributed by atoms with Gasteiger partial charge in [0.2, 0.25) is 5.91 Å². The van der Waals surface area contributed by atoms with E-state index in [1.165, 1.54) is 12.4 Å². The topological polar surface area (TPSA) is 69.6 Å². The number of benzene rings is 3. The molecule has 0 spiro atoms. The Bertz CT molecular complexity index is 1470. The molecular weight excluding hydrogens is 467 g/mol. The van der Waals surface area contributed by atoms with Crippen molar-refractivity contribution in [1.29, 1.82) is 0 Å². The molecule has 178 valence electrons. The number of hydrogen-bond acceptors (Lipinski definition) is 5. The fourth-order valence-corrected chi connectivity index (χ4v) is 4.87. The number of piperazine rings is 1. The number of allylic oxidation sites excluding steroid dienone is 1. The van der Waals surface area contributed by atoms with E-state index in [-0.39, 0.29) is 27.8 Å². The van der Waals surface area contributed by atoms with Crippen LogP contribution in [0.1, 0.15) is 13.3 Å². The number of anilines is 1. The summed E-state index contributed by atoms with van der Waals surface area (Å²) in [5.74, 6) is 0.0414. The molecule has 1 aromatic heterocycles. The van der Waals surface area contributed by atoms with E-state index in [1.807, 2.05) is 42.2 Å². The van der Waals surface area contributed by atoms with Crippen molar-refractivity contribution in [3.05, 3.63) is 71.8 Å². The van der Waals surface area contributed by atoms with Crippen LogP contribution in [0.25, 0.3) is 32.8 Å². The first kappa shape index (κ1) is 23.1. The van der Waals surface area contributed by atoms with Gasteiger partial charge >= 0.3 is 0 Å². The highest BCUT2D eigenvalue weighted by molar-refractivity contribution is 6.35. The Hall–Kier alpha value is -3.71. The molecule has 0 radical (unpaired) electrons. The van der Waals surface area contributed by atoms with Gasteiger partial charge in [-0.3, -0.25) is 4.79 Å². The van der Waals surface area contributed by atoms with Gasteiger partial charge in [-0.1, -0.05) is 48.9 Å². The van der Waals surface area contributed by atoms with Crippen molar-refractivity contribution in [2.45, 2.75) is 13.3 Å². The van der Waals surface area contributed by atoms with E-state index in [2.05, 4.69) is 9.97 Å². The van der Waals surface area contributed by atoms with Crippen molar-refractivity contribution in [1.82, 2.24) is 14.9 Å². The van der Waals surface area contributed by atoms with E-state index in [1.54, 1.807) is 23.1 Å². The second kappa shape index (κ2) is 9.50. The molecule has 35 heavy (non-hydrogen) atoms. The number of fused-ring (bicyclic) bond motifs is 2. The van der Waals surface area contributed by atoms with Crippen LogP contribution in [0.3, 0.4) is 0 Å². The van der Waals surface area contributed by atoms with E-state index in [0.717, 1.165) is 17.2 Å². The minimum absolute atomic E-state index is 0.00360. The molecule has 0 saturated carbocycles. The molecule has 0 atom stereocenters. The van der Waals surface area contributed by atoms with Crippen molar-refractivity contribution >= 4 is 45.0 Å². The van der Waals surface area contributed by atoms with Crippen LogP contribution in [0.5, 0.6) is 5.75 Å². The molecule has 1 aliphatic heterocycles. The van der Waals surface area contributed by atoms with Crippen LogP contribution >= 0.6 is 11.6 Å². The zero-order valence-electron chi connectivity index (χ0n) is 19.2. The van der Waals surface area contributed by atoms with E-state index in [9.17, 15) is 9.90 Å². The Morgan fingerprint density at radius 1 is 1.11 bits per heavy atom. The number of nitrogens with zero attached hydrogens (tertiary/aromatic N) is 4. The predicted octanol–water partition coefficient (Wildman–Crippen LogP) is 5.56. The average Bonchev–Trinajstić information content (AvgIpc) is 2.87. The molecule has 6 nitrogen and oxygen atoms in total. The summed E-state index contributed by atoms with van der Waals surface area (Å²) < 4.78 is 16.0. The largest absolute Gasteiger partial charge is 0.508 e. The third-order valence-corrected chi connectivity index (χ3v) is 6.60. The first-order valence-electron chi connectivity index (χ1n) is 11.5. The van der Waals surface area contributed by atoms with Gasteiger partial charge in [-0.15, -0.1) is 0 Å². The van der Waals surface area contributed by atoms with Gasteiger partial charge in [-0.25, -0.2) is 14.4 Å². The Balaban J connectivity index is 1.54. The van der Waals surface area contributed by atoms with Crippen LogP contribution in [0.4, 0.5) is 10.2 Å². The number of hydrogen-bond donors (Lipinski definition) is 1. The van der Waals surface area contributed by atoms with Crippen molar-refractivity contribution < 1.29 is 14.3 Å². The summed E-state index contributed by atoms with van der Waals surface area (Å²) in [6.07, 6.45) is 5.62. The third kappa shape index (κ3) is 4.28. The van der Waals surface area contributed by atoms with Crippen LogP contribution in [0, 0.1) is 5.82 Å². The Kier molecular flexibility index (Phi) is 6.26. The Morgan fingerprint density at radius 3 is 2.66 bits per heavy atom. The SMILES string of the molecule is CC/C=C/C(=O)N1CCN(c2ncnc3c(F)c(-c4cc(O)cc5ccccc45)c(Cl)cc23)CC1. The molecule has 0 unspecified atom stereocenters. The summed E-state index contributed by atoms with van der Waals surface area (Å²) in [6.45, 7) is 4.20. The van der Waals surface area contributed by atoms with Crippen LogP contribution < -0.4 is 4.90 Å². The second-order valence-electron chi connectivity index (χ2n) is 8.48. The van der Waals surface area contributed by atoms with Crippen LogP contribution in [0.15, 0.2) is 60.9 Å². The lowest BCUT2D eigenvalue weighted by Gasteiger charge is -2.35. The van der Waals surface area contributed by atoms with Crippen molar-refractivity contribution in [3.63, 3.8) is 0 Å². The summed E-state index contributed by atoms with van der Waals surface area (Å²) >= 11 is 6.66. The zero-order chi connectivity index (χ0) is 24.5. The highest BCUT2D eigenvalue weighted by atomic mass is 35.5. The number of carbonyl (C=O) groups is 1. The minimum atomic E-state index is -0.564. The summed E-state index contributed by atoms with van der Waals surface area (Å²) in [5.41, 5.74) is 0.845. The number of aromatic hydroxyl groups is 1. The number of amides is 1. The molecule has 5 rings (SSSR count). The zero-order valence-corrected chi connectivity index (χ0v) is 20.0. The fraction of sp³-hybridized carbons (Fsp3) is 0.222. The lowest BCUT2D eigenvalue weighted by Crippen LogP contribution is -2.48. The first-order chi connectivity index (χ1) is 17.0. The third-order valence-electron chi connectivity index (χ3n) is 6.30. The highest BCUT2D eigenvalue weighted by Gasteiger charge is 2.25. The van der Waals surface area contributed by atoms with Gasteiger partial charge in [0.05, 0.1) is 5.02 Å².